The largest absolute Gasteiger partial charge is 0.282 e. The summed E-state index contributed by atoms with van der Waals surface area (Å²) in [6.45, 7) is 7.29. The van der Waals surface area contributed by atoms with Crippen molar-refractivity contribution >= 4 is 16.8 Å². The van der Waals surface area contributed by atoms with Crippen LogP contribution in [-0.4, -0.2) is 5.24 Å². The first-order chi connectivity index (χ1) is 2.73. The standard InChI is InChI=1S/C2H3ClO.C2H4/c1-2(3)4;1-2/h1H3;1-2H2. The Kier molecular flexibility index (Phi) is 13.5. The summed E-state index contributed by atoms with van der Waals surface area (Å²) in [5, 5.41) is -0.361. The molecule has 0 radical (unpaired) electrons. The van der Waals surface area contributed by atoms with Crippen LogP contribution in [-0.2, 0) is 4.79 Å². The molecular formula is C4H7ClO. The Morgan fingerprint density at radius 3 is 1.67 bits per heavy atom. The fourth-order valence-corrected chi connectivity index (χ4v) is 0. The topological polar surface area (TPSA) is 17.1 Å². The molecule has 6 heavy (non-hydrogen) atoms. The van der Waals surface area contributed by atoms with E-state index in [4.69, 9.17) is 0 Å². The molecule has 0 N–H and O–H groups in total. The predicted octanol–water partition coefficient (Wildman–Crippen LogP) is 1.57. The van der Waals surface area contributed by atoms with Crippen molar-refractivity contribution in [3.05, 3.63) is 13.2 Å². The van der Waals surface area contributed by atoms with Crippen molar-refractivity contribution in [2.45, 2.75) is 6.92 Å². The van der Waals surface area contributed by atoms with E-state index in [-0.39, 0.29) is 5.24 Å². The van der Waals surface area contributed by atoms with Crippen molar-refractivity contribution in [1.29, 1.82) is 0 Å². The van der Waals surface area contributed by atoms with Gasteiger partial charge in [-0.05, 0) is 11.6 Å². The van der Waals surface area contributed by atoms with Crippen molar-refractivity contribution < 1.29 is 4.79 Å². The van der Waals surface area contributed by atoms with Crippen LogP contribution in [0.15, 0.2) is 13.2 Å². The minimum absolute atomic E-state index is 0.361. The van der Waals surface area contributed by atoms with Gasteiger partial charge in [0.1, 0.15) is 0 Å². The summed E-state index contributed by atoms with van der Waals surface area (Å²) in [4.78, 5) is 9.21. The fourth-order valence-electron chi connectivity index (χ4n) is 0. The highest BCUT2D eigenvalue weighted by molar-refractivity contribution is 6.62. The first kappa shape index (κ1) is 9.20. The zero-order valence-corrected chi connectivity index (χ0v) is 4.46. The summed E-state index contributed by atoms with van der Waals surface area (Å²) in [7, 11) is 0. The molecule has 0 saturated carbocycles. The molecule has 0 saturated heterocycles. The average Bonchev–Trinajstić information content (AvgIpc) is 1.41. The lowest BCUT2D eigenvalue weighted by atomic mass is 10.9. The molecule has 2 heteroatoms. The Labute approximate surface area is 42.6 Å². The number of hydrogen-bond acceptors (Lipinski definition) is 1. The van der Waals surface area contributed by atoms with Crippen molar-refractivity contribution in [1.82, 2.24) is 0 Å². The van der Waals surface area contributed by atoms with Crippen LogP contribution in [0.1, 0.15) is 6.92 Å². The summed E-state index contributed by atoms with van der Waals surface area (Å²) in [6.07, 6.45) is 0. The van der Waals surface area contributed by atoms with E-state index in [2.05, 4.69) is 24.8 Å². The maximum absolute atomic E-state index is 9.21. The summed E-state index contributed by atoms with van der Waals surface area (Å²) < 4.78 is 0. The molecule has 0 rings (SSSR count). The Morgan fingerprint density at radius 2 is 1.67 bits per heavy atom. The van der Waals surface area contributed by atoms with E-state index in [0.717, 1.165) is 0 Å². The second-order valence-corrected chi connectivity index (χ2v) is 1.00. The SMILES string of the molecule is C=C.CC(=O)Cl. The van der Waals surface area contributed by atoms with Crippen molar-refractivity contribution in [2.24, 2.45) is 0 Å². The number of carbonyl (C=O) groups excluding carboxylic acids is 1. The molecule has 0 fully saturated rings. The number of hydrogen-bond donors (Lipinski definition) is 0. The molecule has 0 unspecified atom stereocenters. The van der Waals surface area contributed by atoms with E-state index in [0.29, 0.717) is 0 Å². The van der Waals surface area contributed by atoms with E-state index in [1.54, 1.807) is 0 Å². The van der Waals surface area contributed by atoms with E-state index in [1.165, 1.54) is 6.92 Å². The van der Waals surface area contributed by atoms with Gasteiger partial charge in [0.2, 0.25) is 5.24 Å². The third-order valence-corrected chi connectivity index (χ3v) is 0. The van der Waals surface area contributed by atoms with E-state index < -0.39 is 0 Å². The van der Waals surface area contributed by atoms with Crippen LogP contribution in [0.3, 0.4) is 0 Å². The van der Waals surface area contributed by atoms with Crippen molar-refractivity contribution in [3.8, 4) is 0 Å². The molecule has 0 amide bonds. The van der Waals surface area contributed by atoms with Crippen molar-refractivity contribution in [3.63, 3.8) is 0 Å². The number of rotatable bonds is 0. The lowest BCUT2D eigenvalue weighted by molar-refractivity contribution is -0.109. The molecule has 0 spiro atoms. The second-order valence-electron chi connectivity index (χ2n) is 0.470. The van der Waals surface area contributed by atoms with Crippen LogP contribution in [0.2, 0.25) is 0 Å². The first-order valence-corrected chi connectivity index (χ1v) is 1.77. The van der Waals surface area contributed by atoms with Crippen LogP contribution in [0.5, 0.6) is 0 Å². The average molecular weight is 107 g/mol. The maximum Gasteiger partial charge on any atom is 0.218 e. The number of halogens is 1. The normalized spacial score (nSPS) is 5.00. The Balaban J connectivity index is 0. The van der Waals surface area contributed by atoms with Crippen LogP contribution in [0.25, 0.3) is 0 Å². The van der Waals surface area contributed by atoms with Gasteiger partial charge in [-0.25, -0.2) is 0 Å². The smallest absolute Gasteiger partial charge is 0.218 e. The van der Waals surface area contributed by atoms with Gasteiger partial charge >= 0.3 is 0 Å². The van der Waals surface area contributed by atoms with Gasteiger partial charge in [-0.2, -0.15) is 0 Å². The predicted molar refractivity (Wildman–Crippen MR) is 27.8 cm³/mol. The fraction of sp³-hybridized carbons (Fsp3) is 0.250. The van der Waals surface area contributed by atoms with Gasteiger partial charge in [0.05, 0.1) is 0 Å². The highest BCUT2D eigenvalue weighted by atomic mass is 35.5. The van der Waals surface area contributed by atoms with Gasteiger partial charge < -0.3 is 0 Å². The zero-order chi connectivity index (χ0) is 5.58. The molecule has 0 atom stereocenters. The molecule has 0 heterocycles. The molecule has 0 aliphatic rings. The minimum Gasteiger partial charge on any atom is -0.282 e. The van der Waals surface area contributed by atoms with Crippen LogP contribution >= 0.6 is 11.6 Å². The van der Waals surface area contributed by atoms with Crippen molar-refractivity contribution in [2.75, 3.05) is 0 Å². The van der Waals surface area contributed by atoms with Gasteiger partial charge in [-0.1, -0.05) is 0 Å². The zero-order valence-electron chi connectivity index (χ0n) is 3.70. The van der Waals surface area contributed by atoms with Crippen LogP contribution < -0.4 is 0 Å². The monoisotopic (exact) mass is 106 g/mol. The van der Waals surface area contributed by atoms with Gasteiger partial charge in [0.25, 0.3) is 0 Å². The highest BCUT2D eigenvalue weighted by Crippen LogP contribution is 1.67. The molecule has 1 nitrogen and oxygen atoms in total. The molecule has 0 aliphatic heterocycles. The third-order valence-electron chi connectivity index (χ3n) is 0. The summed E-state index contributed by atoms with van der Waals surface area (Å²) in [5.41, 5.74) is 0. The molecule has 0 aromatic rings. The Morgan fingerprint density at radius 1 is 1.67 bits per heavy atom. The molecule has 0 aromatic carbocycles. The minimum atomic E-state index is -0.361. The number of carbonyl (C=O) groups is 1. The second kappa shape index (κ2) is 8.83. The van der Waals surface area contributed by atoms with E-state index in [1.807, 2.05) is 0 Å². The Bertz CT molecular complexity index is 38.8. The van der Waals surface area contributed by atoms with Gasteiger partial charge in [0.15, 0.2) is 0 Å². The van der Waals surface area contributed by atoms with Gasteiger partial charge in [-0.15, -0.1) is 13.2 Å². The molecular weight excluding hydrogens is 99.5 g/mol. The maximum atomic E-state index is 9.21. The quantitative estimate of drug-likeness (QED) is 0.339. The van der Waals surface area contributed by atoms with Gasteiger partial charge in [-0.3, -0.25) is 4.79 Å². The summed E-state index contributed by atoms with van der Waals surface area (Å²) >= 11 is 4.64. The van der Waals surface area contributed by atoms with Gasteiger partial charge in [0, 0.05) is 6.92 Å². The Hall–Kier alpha value is -0.300. The molecule has 0 aromatic heterocycles. The highest BCUT2D eigenvalue weighted by Gasteiger charge is 1.67. The van der Waals surface area contributed by atoms with Crippen LogP contribution in [0.4, 0.5) is 0 Å². The summed E-state index contributed by atoms with van der Waals surface area (Å²) in [5.74, 6) is 0. The molecule has 0 aliphatic carbocycles. The lowest BCUT2D eigenvalue weighted by Crippen LogP contribution is -1.62. The first-order valence-electron chi connectivity index (χ1n) is 1.39. The van der Waals surface area contributed by atoms with E-state index in [9.17, 15) is 4.79 Å². The summed E-state index contributed by atoms with van der Waals surface area (Å²) in [6, 6.07) is 0. The molecule has 36 valence electrons. The van der Waals surface area contributed by atoms with Crippen LogP contribution in [0, 0.1) is 0 Å². The molecule has 0 bridgehead atoms. The third kappa shape index (κ3) is 300. The lowest BCUT2D eigenvalue weighted by Gasteiger charge is -1.52. The van der Waals surface area contributed by atoms with E-state index >= 15 is 0 Å².